The van der Waals surface area contributed by atoms with E-state index in [1.165, 1.54) is 0 Å². The van der Waals surface area contributed by atoms with Crippen LogP contribution in [0.1, 0.15) is 17.3 Å². The summed E-state index contributed by atoms with van der Waals surface area (Å²) in [4.78, 5) is 24.9. The number of halogens is 1. The highest BCUT2D eigenvalue weighted by molar-refractivity contribution is 9.10. The van der Waals surface area contributed by atoms with E-state index in [4.69, 9.17) is 0 Å². The van der Waals surface area contributed by atoms with Gasteiger partial charge < -0.3 is 4.90 Å². The maximum atomic E-state index is 12.6. The molecule has 0 fully saturated rings. The summed E-state index contributed by atoms with van der Waals surface area (Å²) in [5.41, 5.74) is 1.46. The van der Waals surface area contributed by atoms with Gasteiger partial charge in [-0.1, -0.05) is 0 Å². The third kappa shape index (κ3) is 1.87. The first kappa shape index (κ1) is 13.1. The number of carbonyl (C=O) groups excluding carboxylic acids is 1. The smallest absolute Gasteiger partial charge is 0.263 e. The second kappa shape index (κ2) is 4.86. The van der Waals surface area contributed by atoms with Crippen LogP contribution in [0.3, 0.4) is 0 Å². The van der Waals surface area contributed by atoms with Crippen molar-refractivity contribution in [1.29, 1.82) is 0 Å². The Balaban J connectivity index is 2.31. The Morgan fingerprint density at radius 2 is 2.10 bits per heavy atom. The number of carbonyl (C=O) groups is 1. The van der Waals surface area contributed by atoms with E-state index in [1.807, 2.05) is 24.0 Å². The number of nitrogens with zero attached hydrogens (tertiary/aromatic N) is 4. The fraction of sp³-hybridized carbons (Fsp3) is 0.214. The molecule has 6 heteroatoms. The van der Waals surface area contributed by atoms with Crippen LogP contribution in [0.2, 0.25) is 0 Å². The van der Waals surface area contributed by atoms with E-state index in [9.17, 15) is 4.79 Å². The second-order valence-electron chi connectivity index (χ2n) is 4.48. The molecule has 0 radical (unpaired) electrons. The molecule has 0 N–H and O–H groups in total. The van der Waals surface area contributed by atoms with Gasteiger partial charge in [-0.05, 0) is 41.1 Å². The molecule has 1 amide bonds. The number of rotatable bonds is 1. The molecule has 0 saturated carbocycles. The van der Waals surface area contributed by atoms with Crippen molar-refractivity contribution in [2.75, 3.05) is 23.4 Å². The molecular formula is C14H13BrN4O. The monoisotopic (exact) mass is 332 g/mol. The Morgan fingerprint density at radius 1 is 1.30 bits per heavy atom. The fourth-order valence-corrected chi connectivity index (χ4v) is 2.70. The summed E-state index contributed by atoms with van der Waals surface area (Å²) in [5, 5.41) is 0. The van der Waals surface area contributed by atoms with Crippen LogP contribution in [0.4, 0.5) is 17.3 Å². The second-order valence-corrected chi connectivity index (χ2v) is 5.39. The molecular weight excluding hydrogens is 320 g/mol. The Morgan fingerprint density at radius 3 is 2.85 bits per heavy atom. The largest absolute Gasteiger partial charge is 0.323 e. The van der Waals surface area contributed by atoms with Crippen LogP contribution >= 0.6 is 15.9 Å². The summed E-state index contributed by atoms with van der Waals surface area (Å²) in [6, 6.07) is 5.62. The predicted octanol–water partition coefficient (Wildman–Crippen LogP) is 2.99. The minimum Gasteiger partial charge on any atom is -0.323 e. The maximum Gasteiger partial charge on any atom is 0.263 e. The van der Waals surface area contributed by atoms with Gasteiger partial charge in [0.15, 0.2) is 5.82 Å². The van der Waals surface area contributed by atoms with Crippen LogP contribution in [0.25, 0.3) is 0 Å². The van der Waals surface area contributed by atoms with Crippen LogP contribution < -0.4 is 9.80 Å². The molecule has 0 atom stereocenters. The highest BCUT2D eigenvalue weighted by Gasteiger charge is 2.30. The van der Waals surface area contributed by atoms with Crippen molar-refractivity contribution in [3.8, 4) is 0 Å². The third-order valence-electron chi connectivity index (χ3n) is 3.31. The SMILES string of the molecule is CCN1c2cccnc2N(C)C(=O)c2cc(Br)cnc21. The van der Waals surface area contributed by atoms with Crippen LogP contribution in [0.15, 0.2) is 35.1 Å². The molecule has 2 aromatic heterocycles. The molecule has 0 unspecified atom stereocenters. The third-order valence-corrected chi connectivity index (χ3v) is 3.75. The summed E-state index contributed by atoms with van der Waals surface area (Å²) in [6.45, 7) is 2.74. The summed E-state index contributed by atoms with van der Waals surface area (Å²) in [5.74, 6) is 1.21. The van der Waals surface area contributed by atoms with E-state index in [-0.39, 0.29) is 5.91 Å². The molecule has 5 nitrogen and oxygen atoms in total. The zero-order valence-corrected chi connectivity index (χ0v) is 12.8. The lowest BCUT2D eigenvalue weighted by Crippen LogP contribution is -2.26. The van der Waals surface area contributed by atoms with E-state index in [0.29, 0.717) is 23.7 Å². The number of amides is 1. The number of aromatic nitrogens is 2. The Kier molecular flexibility index (Phi) is 3.17. The quantitative estimate of drug-likeness (QED) is 0.805. The highest BCUT2D eigenvalue weighted by atomic mass is 79.9. The summed E-state index contributed by atoms with van der Waals surface area (Å²) in [7, 11) is 1.73. The summed E-state index contributed by atoms with van der Waals surface area (Å²) < 4.78 is 0.785. The molecule has 20 heavy (non-hydrogen) atoms. The molecule has 0 saturated heterocycles. The standard InChI is InChI=1S/C14H13BrN4O/c1-3-19-11-5-4-6-16-13(11)18(2)14(20)10-7-9(15)8-17-12(10)19/h4-8H,3H2,1-2H3. The Labute approximate surface area is 125 Å². The number of anilines is 3. The number of hydrogen-bond donors (Lipinski definition) is 0. The van der Waals surface area contributed by atoms with Crippen LogP contribution in [0, 0.1) is 0 Å². The lowest BCUT2D eigenvalue weighted by atomic mass is 10.2. The lowest BCUT2D eigenvalue weighted by Gasteiger charge is -2.23. The molecule has 1 aliphatic rings. The van der Waals surface area contributed by atoms with E-state index in [1.54, 1.807) is 30.4 Å². The van der Waals surface area contributed by atoms with Crippen LogP contribution in [-0.2, 0) is 0 Å². The van der Waals surface area contributed by atoms with E-state index in [2.05, 4.69) is 25.9 Å². The van der Waals surface area contributed by atoms with E-state index < -0.39 is 0 Å². The average Bonchev–Trinajstić information content (AvgIpc) is 2.55. The highest BCUT2D eigenvalue weighted by Crippen LogP contribution is 2.37. The topological polar surface area (TPSA) is 49.3 Å². The maximum absolute atomic E-state index is 12.6. The minimum atomic E-state index is -0.107. The molecule has 102 valence electrons. The molecule has 0 bridgehead atoms. The van der Waals surface area contributed by atoms with Gasteiger partial charge in [-0.3, -0.25) is 9.69 Å². The molecule has 0 aromatic carbocycles. The lowest BCUT2D eigenvalue weighted by molar-refractivity contribution is 0.0993. The van der Waals surface area contributed by atoms with Crippen molar-refractivity contribution in [2.45, 2.75) is 6.92 Å². The van der Waals surface area contributed by atoms with Gasteiger partial charge in [-0.2, -0.15) is 0 Å². The Hall–Kier alpha value is -1.95. The van der Waals surface area contributed by atoms with Gasteiger partial charge >= 0.3 is 0 Å². The first-order valence-corrected chi connectivity index (χ1v) is 7.09. The first-order valence-electron chi connectivity index (χ1n) is 6.29. The number of fused-ring (bicyclic) bond motifs is 2. The van der Waals surface area contributed by atoms with Gasteiger partial charge in [0.2, 0.25) is 0 Å². The van der Waals surface area contributed by atoms with Gasteiger partial charge in [0.05, 0.1) is 11.3 Å². The van der Waals surface area contributed by atoms with Crippen molar-refractivity contribution in [3.63, 3.8) is 0 Å². The minimum absolute atomic E-state index is 0.107. The average molecular weight is 333 g/mol. The van der Waals surface area contributed by atoms with Crippen LogP contribution in [-0.4, -0.2) is 29.5 Å². The van der Waals surface area contributed by atoms with Gasteiger partial charge in [0.1, 0.15) is 5.82 Å². The van der Waals surface area contributed by atoms with Crippen molar-refractivity contribution in [2.24, 2.45) is 0 Å². The van der Waals surface area contributed by atoms with Gasteiger partial charge in [-0.15, -0.1) is 0 Å². The van der Waals surface area contributed by atoms with Crippen molar-refractivity contribution < 1.29 is 4.79 Å². The zero-order chi connectivity index (χ0) is 14.3. The summed E-state index contributed by atoms with van der Waals surface area (Å²) >= 11 is 3.37. The van der Waals surface area contributed by atoms with Gasteiger partial charge in [0.25, 0.3) is 5.91 Å². The van der Waals surface area contributed by atoms with Crippen molar-refractivity contribution >= 4 is 39.2 Å². The molecule has 3 heterocycles. The predicted molar refractivity (Wildman–Crippen MR) is 81.6 cm³/mol. The zero-order valence-electron chi connectivity index (χ0n) is 11.2. The van der Waals surface area contributed by atoms with Crippen LogP contribution in [0.5, 0.6) is 0 Å². The first-order chi connectivity index (χ1) is 9.63. The Bertz CT molecular complexity index is 689. The molecule has 2 aromatic rings. The van der Waals surface area contributed by atoms with Gasteiger partial charge in [0, 0.05) is 30.5 Å². The molecule has 0 spiro atoms. The fourth-order valence-electron chi connectivity index (χ4n) is 2.37. The molecule has 0 aliphatic carbocycles. The van der Waals surface area contributed by atoms with E-state index >= 15 is 0 Å². The van der Waals surface area contributed by atoms with E-state index in [0.717, 1.165) is 10.2 Å². The van der Waals surface area contributed by atoms with Gasteiger partial charge in [-0.25, -0.2) is 9.97 Å². The van der Waals surface area contributed by atoms with Crippen molar-refractivity contribution in [3.05, 3.63) is 40.6 Å². The summed E-state index contributed by atoms with van der Waals surface area (Å²) in [6.07, 6.45) is 3.39. The number of pyridine rings is 2. The molecule has 3 rings (SSSR count). The number of hydrogen-bond acceptors (Lipinski definition) is 4. The molecule has 1 aliphatic heterocycles. The normalized spacial score (nSPS) is 13.8. The van der Waals surface area contributed by atoms with Crippen molar-refractivity contribution in [1.82, 2.24) is 9.97 Å².